The molecule has 1 aromatic heterocycles. The number of aromatic nitrogens is 3. The molecule has 1 saturated heterocycles. The highest BCUT2D eigenvalue weighted by Crippen LogP contribution is 2.35. The number of benzene rings is 1. The maximum absolute atomic E-state index is 12.7. The Labute approximate surface area is 120 Å². The molecule has 2 unspecified atom stereocenters. The van der Waals surface area contributed by atoms with Crippen molar-refractivity contribution in [1.29, 1.82) is 0 Å². The third kappa shape index (κ3) is 2.92. The smallest absolute Gasteiger partial charge is 0.308 e. The van der Waals surface area contributed by atoms with E-state index in [-0.39, 0.29) is 19.0 Å². The Balaban J connectivity index is 1.77. The van der Waals surface area contributed by atoms with E-state index in [0.29, 0.717) is 6.42 Å². The number of nitrogens with zero attached hydrogens (tertiary/aromatic N) is 3. The van der Waals surface area contributed by atoms with E-state index in [9.17, 15) is 13.2 Å². The second-order valence-electron chi connectivity index (χ2n) is 5.18. The van der Waals surface area contributed by atoms with Gasteiger partial charge in [-0.2, -0.15) is 13.2 Å². The molecule has 0 saturated carbocycles. The number of hydrogen-bond donors (Lipinski definition) is 1. The van der Waals surface area contributed by atoms with E-state index >= 15 is 0 Å². The summed E-state index contributed by atoms with van der Waals surface area (Å²) in [5, 5.41) is 10.9. The first kappa shape index (κ1) is 14.1. The third-order valence-corrected chi connectivity index (χ3v) is 3.81. The Hall–Kier alpha value is -1.89. The van der Waals surface area contributed by atoms with E-state index in [0.717, 1.165) is 11.4 Å². The number of para-hydroxylation sites is 1. The highest BCUT2D eigenvalue weighted by molar-refractivity contribution is 5.32. The van der Waals surface area contributed by atoms with Crippen molar-refractivity contribution >= 4 is 0 Å². The predicted molar refractivity (Wildman–Crippen MR) is 70.9 cm³/mol. The Morgan fingerprint density at radius 3 is 2.52 bits per heavy atom. The van der Waals surface area contributed by atoms with Crippen LogP contribution >= 0.6 is 0 Å². The van der Waals surface area contributed by atoms with Gasteiger partial charge in [-0.1, -0.05) is 23.4 Å². The molecule has 7 heteroatoms. The van der Waals surface area contributed by atoms with Gasteiger partial charge in [0.2, 0.25) is 0 Å². The summed E-state index contributed by atoms with van der Waals surface area (Å²) >= 11 is 0. The number of halogens is 3. The van der Waals surface area contributed by atoms with Crippen molar-refractivity contribution in [2.45, 2.75) is 25.1 Å². The summed E-state index contributed by atoms with van der Waals surface area (Å²) in [6.07, 6.45) is -1.97. The lowest BCUT2D eigenvalue weighted by Crippen LogP contribution is -2.40. The van der Waals surface area contributed by atoms with Crippen LogP contribution in [-0.2, 0) is 0 Å². The average molecular weight is 296 g/mol. The molecule has 1 aliphatic heterocycles. The molecule has 1 fully saturated rings. The number of piperidine rings is 1. The maximum Gasteiger partial charge on any atom is 0.393 e. The van der Waals surface area contributed by atoms with Crippen LogP contribution in [-0.4, -0.2) is 27.7 Å². The van der Waals surface area contributed by atoms with Gasteiger partial charge in [0.15, 0.2) is 0 Å². The fourth-order valence-electron chi connectivity index (χ4n) is 2.64. The predicted octanol–water partition coefficient (Wildman–Crippen LogP) is 2.87. The molecule has 2 atom stereocenters. The zero-order chi connectivity index (χ0) is 14.9. The first-order chi connectivity index (χ1) is 10.1. The zero-order valence-corrected chi connectivity index (χ0v) is 11.2. The van der Waals surface area contributed by atoms with Crippen LogP contribution in [0.1, 0.15) is 24.6 Å². The maximum atomic E-state index is 12.7. The van der Waals surface area contributed by atoms with E-state index < -0.39 is 12.1 Å². The summed E-state index contributed by atoms with van der Waals surface area (Å²) in [7, 11) is 0. The first-order valence-electron chi connectivity index (χ1n) is 6.82. The highest BCUT2D eigenvalue weighted by Gasteiger charge is 2.42. The molecule has 1 aromatic carbocycles. The van der Waals surface area contributed by atoms with Crippen molar-refractivity contribution in [3.05, 3.63) is 42.2 Å². The van der Waals surface area contributed by atoms with Crippen molar-refractivity contribution in [2.24, 2.45) is 5.92 Å². The molecular weight excluding hydrogens is 281 g/mol. The molecule has 0 aliphatic carbocycles. The Kier molecular flexibility index (Phi) is 3.67. The van der Waals surface area contributed by atoms with Gasteiger partial charge in [-0.15, -0.1) is 5.10 Å². The van der Waals surface area contributed by atoms with Crippen molar-refractivity contribution in [3.8, 4) is 5.69 Å². The van der Waals surface area contributed by atoms with Crippen LogP contribution < -0.4 is 5.32 Å². The monoisotopic (exact) mass is 296 g/mol. The molecule has 1 N–H and O–H groups in total. The Morgan fingerprint density at radius 1 is 1.14 bits per heavy atom. The van der Waals surface area contributed by atoms with Gasteiger partial charge in [-0.3, -0.25) is 0 Å². The molecule has 3 rings (SSSR count). The fourth-order valence-corrected chi connectivity index (χ4v) is 2.64. The first-order valence-corrected chi connectivity index (χ1v) is 6.82. The topological polar surface area (TPSA) is 42.7 Å². The van der Waals surface area contributed by atoms with E-state index in [4.69, 9.17) is 0 Å². The van der Waals surface area contributed by atoms with Crippen molar-refractivity contribution in [2.75, 3.05) is 6.54 Å². The van der Waals surface area contributed by atoms with Gasteiger partial charge in [0.1, 0.15) is 0 Å². The van der Waals surface area contributed by atoms with Crippen LogP contribution in [0.4, 0.5) is 13.2 Å². The second-order valence-corrected chi connectivity index (χ2v) is 5.18. The molecule has 0 radical (unpaired) electrons. The molecular formula is C14H15F3N4. The molecule has 21 heavy (non-hydrogen) atoms. The van der Waals surface area contributed by atoms with Crippen LogP contribution in [0.15, 0.2) is 36.5 Å². The summed E-state index contributed by atoms with van der Waals surface area (Å²) in [5.41, 5.74) is 1.64. The third-order valence-electron chi connectivity index (χ3n) is 3.81. The lowest BCUT2D eigenvalue weighted by atomic mass is 9.93. The van der Waals surface area contributed by atoms with Gasteiger partial charge in [0.05, 0.1) is 29.5 Å². The number of hydrogen-bond acceptors (Lipinski definition) is 3. The summed E-state index contributed by atoms with van der Waals surface area (Å²) in [6, 6.07) is 9.29. The minimum Gasteiger partial charge on any atom is -0.308 e. The SMILES string of the molecule is FC(F)(F)C1CCC(c2cnnn2-c2ccccc2)NC1. The van der Waals surface area contributed by atoms with Crippen LogP contribution in [0.5, 0.6) is 0 Å². The number of alkyl halides is 3. The molecule has 2 aromatic rings. The van der Waals surface area contributed by atoms with Gasteiger partial charge in [0, 0.05) is 6.54 Å². The summed E-state index contributed by atoms with van der Waals surface area (Å²) in [5.74, 6) is -1.27. The molecule has 1 aliphatic rings. The standard InChI is InChI=1S/C14H15F3N4/c15-14(16,17)10-6-7-12(18-8-10)13-9-19-20-21(13)11-4-2-1-3-5-11/h1-5,9-10,12,18H,6-8H2. The summed E-state index contributed by atoms with van der Waals surface area (Å²) in [6.45, 7) is -0.0614. The van der Waals surface area contributed by atoms with Gasteiger partial charge in [0.25, 0.3) is 0 Å². The van der Waals surface area contributed by atoms with Crippen LogP contribution in [0, 0.1) is 5.92 Å². The van der Waals surface area contributed by atoms with Gasteiger partial charge < -0.3 is 5.32 Å². The molecule has 0 bridgehead atoms. The fraction of sp³-hybridized carbons (Fsp3) is 0.429. The molecule has 0 spiro atoms. The lowest BCUT2D eigenvalue weighted by Gasteiger charge is -2.31. The minimum atomic E-state index is -4.13. The largest absolute Gasteiger partial charge is 0.393 e. The van der Waals surface area contributed by atoms with E-state index in [1.165, 1.54) is 0 Å². The zero-order valence-electron chi connectivity index (χ0n) is 11.2. The van der Waals surface area contributed by atoms with E-state index in [2.05, 4.69) is 15.6 Å². The number of rotatable bonds is 2. The highest BCUT2D eigenvalue weighted by atomic mass is 19.4. The average Bonchev–Trinajstić information content (AvgIpc) is 2.97. The van der Waals surface area contributed by atoms with Gasteiger partial charge in [-0.05, 0) is 25.0 Å². The van der Waals surface area contributed by atoms with Gasteiger partial charge >= 0.3 is 6.18 Å². The van der Waals surface area contributed by atoms with Crippen LogP contribution in [0.2, 0.25) is 0 Å². The molecule has 2 heterocycles. The van der Waals surface area contributed by atoms with E-state index in [1.807, 2.05) is 30.3 Å². The van der Waals surface area contributed by atoms with Crippen LogP contribution in [0.3, 0.4) is 0 Å². The molecule has 4 nitrogen and oxygen atoms in total. The summed E-state index contributed by atoms with van der Waals surface area (Å²) in [4.78, 5) is 0. The van der Waals surface area contributed by atoms with Gasteiger partial charge in [-0.25, -0.2) is 4.68 Å². The molecule has 0 amide bonds. The van der Waals surface area contributed by atoms with E-state index in [1.54, 1.807) is 10.9 Å². The number of nitrogens with one attached hydrogen (secondary N) is 1. The van der Waals surface area contributed by atoms with Crippen LogP contribution in [0.25, 0.3) is 5.69 Å². The van der Waals surface area contributed by atoms with Crippen molar-refractivity contribution < 1.29 is 13.2 Å². The lowest BCUT2D eigenvalue weighted by molar-refractivity contribution is -0.179. The Morgan fingerprint density at radius 2 is 1.90 bits per heavy atom. The molecule has 112 valence electrons. The second kappa shape index (κ2) is 5.48. The Bertz CT molecular complexity index is 586. The van der Waals surface area contributed by atoms with Crippen molar-refractivity contribution in [3.63, 3.8) is 0 Å². The quantitative estimate of drug-likeness (QED) is 0.926. The summed E-state index contributed by atoms with van der Waals surface area (Å²) < 4.78 is 39.7. The van der Waals surface area contributed by atoms with Crippen molar-refractivity contribution in [1.82, 2.24) is 20.3 Å². The minimum absolute atomic E-state index is 0.0614. The normalized spacial score (nSPS) is 23.2.